The van der Waals surface area contributed by atoms with Crippen molar-refractivity contribution in [3.05, 3.63) is 10.8 Å². The number of hydrogen-bond acceptors (Lipinski definition) is 5. The smallest absolute Gasteiger partial charge is 0.243 e. The van der Waals surface area contributed by atoms with Crippen molar-refractivity contribution < 1.29 is 5.11 Å². The zero-order valence-corrected chi connectivity index (χ0v) is 9.13. The summed E-state index contributed by atoms with van der Waals surface area (Å²) in [5.41, 5.74) is 0.139. The first kappa shape index (κ1) is 11.1. The molecule has 14 heavy (non-hydrogen) atoms. The van der Waals surface area contributed by atoms with Gasteiger partial charge >= 0.3 is 0 Å². The van der Waals surface area contributed by atoms with Crippen LogP contribution in [-0.4, -0.2) is 32.4 Å². The van der Waals surface area contributed by atoms with Crippen LogP contribution in [0.2, 0.25) is 5.15 Å². The topological polar surface area (TPSA) is 70.9 Å². The van der Waals surface area contributed by atoms with E-state index in [1.165, 1.54) is 0 Å². The Bertz CT molecular complexity index is 329. The number of nitrogens with one attached hydrogen (secondary N) is 1. The van der Waals surface area contributed by atoms with Crippen molar-refractivity contribution in [2.45, 2.75) is 26.3 Å². The first-order chi connectivity index (χ1) is 6.44. The normalized spacial score (nSPS) is 11.5. The highest BCUT2D eigenvalue weighted by molar-refractivity contribution is 6.29. The first-order valence-corrected chi connectivity index (χ1v) is 4.58. The van der Waals surface area contributed by atoms with Gasteiger partial charge < -0.3 is 10.4 Å². The maximum Gasteiger partial charge on any atom is 0.243 e. The summed E-state index contributed by atoms with van der Waals surface area (Å²) in [7, 11) is 0. The molecule has 0 unspecified atom stereocenters. The van der Waals surface area contributed by atoms with Gasteiger partial charge in [0.25, 0.3) is 0 Å². The second-order valence-electron chi connectivity index (χ2n) is 3.68. The molecular formula is C8H13ClN4O. The lowest BCUT2D eigenvalue weighted by molar-refractivity contribution is 0.233. The van der Waals surface area contributed by atoms with Crippen LogP contribution in [0.4, 0.5) is 5.95 Å². The number of halogens is 1. The SMILES string of the molecule is Cc1nc(NC(C)(C)CO)nnc1Cl. The first-order valence-electron chi connectivity index (χ1n) is 4.20. The molecule has 1 aromatic heterocycles. The van der Waals surface area contributed by atoms with E-state index >= 15 is 0 Å². The molecule has 6 heteroatoms. The third kappa shape index (κ3) is 2.78. The minimum atomic E-state index is -0.470. The maximum absolute atomic E-state index is 9.01. The molecular weight excluding hydrogens is 204 g/mol. The summed E-state index contributed by atoms with van der Waals surface area (Å²) in [4.78, 5) is 4.08. The molecule has 0 aliphatic heterocycles. The van der Waals surface area contributed by atoms with Crippen molar-refractivity contribution in [1.82, 2.24) is 15.2 Å². The van der Waals surface area contributed by atoms with Gasteiger partial charge in [-0.25, -0.2) is 4.98 Å². The van der Waals surface area contributed by atoms with Crippen LogP contribution >= 0.6 is 11.6 Å². The molecule has 2 N–H and O–H groups in total. The second-order valence-corrected chi connectivity index (χ2v) is 4.04. The van der Waals surface area contributed by atoms with E-state index in [4.69, 9.17) is 16.7 Å². The Morgan fingerprint density at radius 2 is 2.07 bits per heavy atom. The van der Waals surface area contributed by atoms with Gasteiger partial charge in [-0.05, 0) is 20.8 Å². The van der Waals surface area contributed by atoms with Gasteiger partial charge in [-0.3, -0.25) is 0 Å². The van der Waals surface area contributed by atoms with E-state index in [1.807, 2.05) is 13.8 Å². The van der Waals surface area contributed by atoms with Crippen LogP contribution in [0.15, 0.2) is 0 Å². The van der Waals surface area contributed by atoms with Crippen molar-refractivity contribution in [2.75, 3.05) is 11.9 Å². The summed E-state index contributed by atoms with van der Waals surface area (Å²) < 4.78 is 0. The van der Waals surface area contributed by atoms with Crippen LogP contribution in [0.1, 0.15) is 19.5 Å². The van der Waals surface area contributed by atoms with E-state index in [0.29, 0.717) is 11.6 Å². The van der Waals surface area contributed by atoms with Crippen molar-refractivity contribution >= 4 is 17.5 Å². The third-order valence-electron chi connectivity index (χ3n) is 1.65. The fourth-order valence-electron chi connectivity index (χ4n) is 0.786. The predicted molar refractivity (Wildman–Crippen MR) is 54.4 cm³/mol. The number of aryl methyl sites for hydroxylation is 1. The van der Waals surface area contributed by atoms with Crippen LogP contribution in [0.3, 0.4) is 0 Å². The molecule has 0 fully saturated rings. The van der Waals surface area contributed by atoms with Crippen molar-refractivity contribution in [3.8, 4) is 0 Å². The minimum absolute atomic E-state index is 0.0158. The molecule has 0 aromatic carbocycles. The lowest BCUT2D eigenvalue weighted by atomic mass is 10.1. The zero-order valence-electron chi connectivity index (χ0n) is 8.37. The van der Waals surface area contributed by atoms with Crippen LogP contribution in [0, 0.1) is 6.92 Å². The molecule has 0 radical (unpaired) electrons. The Kier molecular flexibility index (Phi) is 3.23. The summed E-state index contributed by atoms with van der Waals surface area (Å²) >= 11 is 5.67. The summed E-state index contributed by atoms with van der Waals surface area (Å²) in [5.74, 6) is 0.367. The standard InChI is InChI=1S/C8H13ClN4O/c1-5-6(9)12-13-7(10-5)11-8(2,3)4-14/h14H,4H2,1-3H3,(H,10,11,13). The van der Waals surface area contributed by atoms with Crippen LogP contribution in [0.25, 0.3) is 0 Å². The predicted octanol–water partition coefficient (Wildman–Crippen LogP) is 1.02. The van der Waals surface area contributed by atoms with E-state index in [0.717, 1.165) is 0 Å². The monoisotopic (exact) mass is 216 g/mol. The average Bonchev–Trinajstić information content (AvgIpc) is 2.11. The van der Waals surface area contributed by atoms with Gasteiger partial charge in [0.2, 0.25) is 5.95 Å². The molecule has 0 saturated carbocycles. The average molecular weight is 217 g/mol. The third-order valence-corrected chi connectivity index (χ3v) is 2.00. The number of hydrogen-bond donors (Lipinski definition) is 2. The van der Waals surface area contributed by atoms with Crippen LogP contribution < -0.4 is 5.32 Å². The highest BCUT2D eigenvalue weighted by Crippen LogP contribution is 2.12. The number of aromatic nitrogens is 3. The minimum Gasteiger partial charge on any atom is -0.394 e. The Morgan fingerprint density at radius 1 is 1.43 bits per heavy atom. The second kappa shape index (κ2) is 4.06. The van der Waals surface area contributed by atoms with Crippen molar-refractivity contribution in [1.29, 1.82) is 0 Å². The lowest BCUT2D eigenvalue weighted by Crippen LogP contribution is -2.35. The van der Waals surface area contributed by atoms with E-state index in [1.54, 1.807) is 6.92 Å². The van der Waals surface area contributed by atoms with E-state index in [2.05, 4.69) is 20.5 Å². The fraction of sp³-hybridized carbons (Fsp3) is 0.625. The maximum atomic E-state index is 9.01. The summed E-state index contributed by atoms with van der Waals surface area (Å²) in [5, 5.41) is 19.7. The molecule has 0 aliphatic carbocycles. The molecule has 0 atom stereocenters. The van der Waals surface area contributed by atoms with Gasteiger partial charge in [-0.1, -0.05) is 11.6 Å². The lowest BCUT2D eigenvalue weighted by Gasteiger charge is -2.22. The summed E-state index contributed by atoms with van der Waals surface area (Å²) in [6.07, 6.45) is 0. The van der Waals surface area contributed by atoms with Gasteiger partial charge in [0.05, 0.1) is 17.8 Å². The van der Waals surface area contributed by atoms with Gasteiger partial charge in [-0.2, -0.15) is 0 Å². The zero-order chi connectivity index (χ0) is 10.8. The number of aliphatic hydroxyl groups is 1. The molecule has 1 aromatic rings. The van der Waals surface area contributed by atoms with Gasteiger partial charge in [0, 0.05) is 0 Å². The molecule has 1 rings (SSSR count). The molecule has 0 saturated heterocycles. The number of nitrogens with zero attached hydrogens (tertiary/aromatic N) is 3. The number of aliphatic hydroxyl groups excluding tert-OH is 1. The summed E-state index contributed by atoms with van der Waals surface area (Å²) in [6, 6.07) is 0. The fourth-order valence-corrected chi connectivity index (χ4v) is 0.866. The quantitative estimate of drug-likeness (QED) is 0.790. The van der Waals surface area contributed by atoms with Crippen molar-refractivity contribution in [2.24, 2.45) is 0 Å². The molecule has 0 amide bonds. The highest BCUT2D eigenvalue weighted by atomic mass is 35.5. The number of anilines is 1. The highest BCUT2D eigenvalue weighted by Gasteiger charge is 2.17. The van der Waals surface area contributed by atoms with E-state index in [9.17, 15) is 0 Å². The van der Waals surface area contributed by atoms with Crippen LogP contribution in [0.5, 0.6) is 0 Å². The molecule has 78 valence electrons. The Labute approximate surface area is 87.5 Å². The Morgan fingerprint density at radius 3 is 2.57 bits per heavy atom. The van der Waals surface area contributed by atoms with Gasteiger partial charge in [0.15, 0.2) is 5.15 Å². The number of rotatable bonds is 3. The Balaban J connectivity index is 2.83. The van der Waals surface area contributed by atoms with Crippen LogP contribution in [-0.2, 0) is 0 Å². The van der Waals surface area contributed by atoms with Crippen molar-refractivity contribution in [3.63, 3.8) is 0 Å². The largest absolute Gasteiger partial charge is 0.394 e. The molecule has 0 aliphatic rings. The van der Waals surface area contributed by atoms with Gasteiger partial charge in [0.1, 0.15) is 0 Å². The van der Waals surface area contributed by atoms with E-state index in [-0.39, 0.29) is 11.8 Å². The van der Waals surface area contributed by atoms with E-state index < -0.39 is 5.54 Å². The molecule has 0 bridgehead atoms. The molecule has 1 heterocycles. The summed E-state index contributed by atoms with van der Waals surface area (Å²) in [6.45, 7) is 5.40. The molecule has 0 spiro atoms. The Hall–Kier alpha value is -0.940. The molecule has 5 nitrogen and oxygen atoms in total. The van der Waals surface area contributed by atoms with Gasteiger partial charge in [-0.15, -0.1) is 10.2 Å².